The monoisotopic (exact) mass is 241 g/mol. The number of hydrogen-bond donors (Lipinski definition) is 2. The van der Waals surface area contributed by atoms with Gasteiger partial charge >= 0.3 is 0 Å². The summed E-state index contributed by atoms with van der Waals surface area (Å²) in [6, 6.07) is 4.25. The highest BCUT2D eigenvalue weighted by atomic mass is 32.1. The van der Waals surface area contributed by atoms with Crippen molar-refractivity contribution in [2.75, 3.05) is 19.5 Å². The number of benzene rings is 1. The third kappa shape index (κ3) is 2.80. The van der Waals surface area contributed by atoms with Gasteiger partial charge in [-0.05, 0) is 18.3 Å². The Labute approximate surface area is 97.8 Å². The molecule has 0 saturated heterocycles. The lowest BCUT2D eigenvalue weighted by molar-refractivity contribution is -0.384. The summed E-state index contributed by atoms with van der Waals surface area (Å²) < 4.78 is 5.03. The van der Waals surface area contributed by atoms with Crippen LogP contribution in [0.1, 0.15) is 0 Å². The average Bonchev–Trinajstić information content (AvgIpc) is 2.29. The van der Waals surface area contributed by atoms with E-state index in [1.165, 1.54) is 19.2 Å². The van der Waals surface area contributed by atoms with Crippen LogP contribution >= 0.6 is 12.2 Å². The third-order valence-corrected chi connectivity index (χ3v) is 2.18. The first-order valence-corrected chi connectivity index (χ1v) is 4.80. The zero-order valence-electron chi connectivity index (χ0n) is 8.81. The van der Waals surface area contributed by atoms with Crippen LogP contribution in [0.4, 0.5) is 11.4 Å². The molecule has 1 rings (SSSR count). The lowest BCUT2D eigenvalue weighted by atomic mass is 10.2. The molecule has 1 aromatic carbocycles. The van der Waals surface area contributed by atoms with E-state index in [1.807, 2.05) is 0 Å². The second-order valence-corrected chi connectivity index (χ2v) is 3.25. The van der Waals surface area contributed by atoms with Crippen molar-refractivity contribution in [3.8, 4) is 5.75 Å². The van der Waals surface area contributed by atoms with Crippen LogP contribution in [-0.4, -0.2) is 24.2 Å². The van der Waals surface area contributed by atoms with E-state index >= 15 is 0 Å². The second-order valence-electron chi connectivity index (χ2n) is 2.85. The Morgan fingerprint density at radius 1 is 1.56 bits per heavy atom. The number of nitro benzene ring substituents is 1. The van der Waals surface area contributed by atoms with Crippen molar-refractivity contribution in [1.82, 2.24) is 5.32 Å². The van der Waals surface area contributed by atoms with Crippen LogP contribution in [0.3, 0.4) is 0 Å². The molecule has 0 unspecified atom stereocenters. The number of hydrogen-bond acceptors (Lipinski definition) is 4. The first kappa shape index (κ1) is 12.2. The van der Waals surface area contributed by atoms with Gasteiger partial charge in [-0.2, -0.15) is 0 Å². The predicted molar refractivity (Wildman–Crippen MR) is 64.9 cm³/mol. The summed E-state index contributed by atoms with van der Waals surface area (Å²) in [6.07, 6.45) is 0. The van der Waals surface area contributed by atoms with Gasteiger partial charge in [0.2, 0.25) is 0 Å². The normalized spacial score (nSPS) is 9.38. The van der Waals surface area contributed by atoms with Gasteiger partial charge in [-0.25, -0.2) is 0 Å². The lowest BCUT2D eigenvalue weighted by Crippen LogP contribution is -2.24. The quantitative estimate of drug-likeness (QED) is 0.474. The van der Waals surface area contributed by atoms with Crippen LogP contribution in [0.2, 0.25) is 0 Å². The zero-order valence-corrected chi connectivity index (χ0v) is 9.63. The van der Waals surface area contributed by atoms with Crippen molar-refractivity contribution < 1.29 is 9.66 Å². The van der Waals surface area contributed by atoms with Crippen LogP contribution in [0.5, 0.6) is 5.75 Å². The van der Waals surface area contributed by atoms with Gasteiger partial charge in [0.15, 0.2) is 5.11 Å². The molecule has 0 aliphatic rings. The molecule has 0 atom stereocenters. The van der Waals surface area contributed by atoms with Gasteiger partial charge < -0.3 is 15.4 Å². The molecule has 0 aliphatic heterocycles. The Morgan fingerprint density at radius 2 is 2.25 bits per heavy atom. The van der Waals surface area contributed by atoms with Gasteiger partial charge in [0.25, 0.3) is 5.69 Å². The SMILES string of the molecule is CNC(=S)Nc1ccc([N+](=O)[O-])cc1OC. The number of thiocarbonyl (C=S) groups is 1. The first-order chi connectivity index (χ1) is 7.58. The minimum Gasteiger partial charge on any atom is -0.494 e. The van der Waals surface area contributed by atoms with Crippen LogP contribution in [0.15, 0.2) is 18.2 Å². The molecule has 0 heterocycles. The molecule has 0 bridgehead atoms. The van der Waals surface area contributed by atoms with E-state index in [2.05, 4.69) is 10.6 Å². The number of anilines is 1. The molecule has 7 heteroatoms. The molecule has 0 amide bonds. The van der Waals surface area contributed by atoms with Crippen molar-refractivity contribution in [3.05, 3.63) is 28.3 Å². The number of rotatable bonds is 3. The zero-order chi connectivity index (χ0) is 12.1. The topological polar surface area (TPSA) is 76.4 Å². The number of ether oxygens (including phenoxy) is 1. The summed E-state index contributed by atoms with van der Waals surface area (Å²) >= 11 is 4.92. The fourth-order valence-corrected chi connectivity index (χ4v) is 1.19. The maximum Gasteiger partial charge on any atom is 0.273 e. The number of nitrogens with zero attached hydrogens (tertiary/aromatic N) is 1. The maximum atomic E-state index is 10.6. The lowest BCUT2D eigenvalue weighted by Gasteiger charge is -2.10. The molecule has 0 spiro atoms. The van der Waals surface area contributed by atoms with Crippen LogP contribution < -0.4 is 15.4 Å². The van der Waals surface area contributed by atoms with E-state index in [4.69, 9.17) is 17.0 Å². The van der Waals surface area contributed by atoms with E-state index in [9.17, 15) is 10.1 Å². The van der Waals surface area contributed by atoms with Gasteiger partial charge in [-0.15, -0.1) is 0 Å². The van der Waals surface area contributed by atoms with E-state index in [1.54, 1.807) is 13.1 Å². The van der Waals surface area contributed by atoms with E-state index < -0.39 is 4.92 Å². The highest BCUT2D eigenvalue weighted by molar-refractivity contribution is 7.80. The van der Waals surface area contributed by atoms with Crippen LogP contribution in [0, 0.1) is 10.1 Å². The molecule has 16 heavy (non-hydrogen) atoms. The van der Waals surface area contributed by atoms with Crippen LogP contribution in [-0.2, 0) is 0 Å². The van der Waals surface area contributed by atoms with Crippen molar-refractivity contribution in [3.63, 3.8) is 0 Å². The Morgan fingerprint density at radius 3 is 2.75 bits per heavy atom. The fourth-order valence-electron chi connectivity index (χ4n) is 1.08. The smallest absolute Gasteiger partial charge is 0.273 e. The summed E-state index contributed by atoms with van der Waals surface area (Å²) in [7, 11) is 3.11. The minimum absolute atomic E-state index is 0.0298. The minimum atomic E-state index is -0.483. The summed E-state index contributed by atoms with van der Waals surface area (Å²) in [5.41, 5.74) is 0.547. The molecule has 0 saturated carbocycles. The summed E-state index contributed by atoms with van der Waals surface area (Å²) in [4.78, 5) is 10.1. The predicted octanol–water partition coefficient (Wildman–Crippen LogP) is 1.52. The molecule has 1 aromatic rings. The summed E-state index contributed by atoms with van der Waals surface area (Å²) in [5, 5.41) is 16.5. The number of methoxy groups -OCH3 is 1. The van der Waals surface area contributed by atoms with Gasteiger partial charge in [-0.1, -0.05) is 0 Å². The Kier molecular flexibility index (Phi) is 4.01. The largest absolute Gasteiger partial charge is 0.494 e. The van der Waals surface area contributed by atoms with Crippen molar-refractivity contribution in [2.24, 2.45) is 0 Å². The third-order valence-electron chi connectivity index (χ3n) is 1.87. The van der Waals surface area contributed by atoms with Gasteiger partial charge in [0.1, 0.15) is 5.75 Å². The van der Waals surface area contributed by atoms with Crippen LogP contribution in [0.25, 0.3) is 0 Å². The Balaban J connectivity index is 3.02. The van der Waals surface area contributed by atoms with Crippen molar-refractivity contribution >= 4 is 28.7 Å². The van der Waals surface area contributed by atoms with Gasteiger partial charge in [-0.3, -0.25) is 10.1 Å². The van der Waals surface area contributed by atoms with Crippen molar-refractivity contribution in [1.29, 1.82) is 0 Å². The molecule has 0 fully saturated rings. The van der Waals surface area contributed by atoms with E-state index in [0.717, 1.165) is 0 Å². The van der Waals surface area contributed by atoms with Crippen molar-refractivity contribution in [2.45, 2.75) is 0 Å². The molecular formula is C9H11N3O3S. The molecule has 86 valence electrons. The first-order valence-electron chi connectivity index (χ1n) is 4.39. The second kappa shape index (κ2) is 5.26. The number of nitrogens with one attached hydrogen (secondary N) is 2. The average molecular weight is 241 g/mol. The van der Waals surface area contributed by atoms with E-state index in [-0.39, 0.29) is 5.69 Å². The maximum absolute atomic E-state index is 10.6. The molecule has 6 nitrogen and oxygen atoms in total. The van der Waals surface area contributed by atoms with Gasteiger partial charge in [0, 0.05) is 13.1 Å². The summed E-state index contributed by atoms with van der Waals surface area (Å²) in [5.74, 6) is 0.367. The molecule has 0 aliphatic carbocycles. The standard InChI is InChI=1S/C9H11N3O3S/c1-10-9(16)11-7-4-3-6(12(13)14)5-8(7)15-2/h3-5H,1-2H3,(H2,10,11,16). The molecule has 0 radical (unpaired) electrons. The summed E-state index contributed by atoms with van der Waals surface area (Å²) in [6.45, 7) is 0. The fraction of sp³-hybridized carbons (Fsp3) is 0.222. The molecular weight excluding hydrogens is 230 g/mol. The Hall–Kier alpha value is -1.89. The van der Waals surface area contributed by atoms with Gasteiger partial charge in [0.05, 0.1) is 23.8 Å². The number of non-ortho nitro benzene ring substituents is 1. The highest BCUT2D eigenvalue weighted by Gasteiger charge is 2.11. The number of nitro groups is 1. The Bertz CT molecular complexity index is 422. The highest BCUT2D eigenvalue weighted by Crippen LogP contribution is 2.28. The van der Waals surface area contributed by atoms with E-state index in [0.29, 0.717) is 16.5 Å². The molecule has 0 aromatic heterocycles. The molecule has 2 N–H and O–H groups in total.